The van der Waals surface area contributed by atoms with Gasteiger partial charge in [-0.25, -0.2) is 0 Å². The van der Waals surface area contributed by atoms with Crippen molar-refractivity contribution in [2.75, 3.05) is 0 Å². The zero-order valence-electron chi connectivity index (χ0n) is 6.75. The van der Waals surface area contributed by atoms with E-state index in [1.807, 2.05) is 42.0 Å². The average Bonchev–Trinajstić information content (AvgIpc) is 2.09. The minimum atomic E-state index is 1.19. The Morgan fingerprint density at radius 1 is 1.27 bits per heavy atom. The van der Waals surface area contributed by atoms with Crippen LogP contribution in [0.3, 0.4) is 0 Å². The van der Waals surface area contributed by atoms with Gasteiger partial charge in [-0.15, -0.1) is 0 Å². The van der Waals surface area contributed by atoms with Crippen molar-refractivity contribution in [1.29, 1.82) is 0 Å². The quantitative estimate of drug-likeness (QED) is 0.432. The van der Waals surface area contributed by atoms with E-state index in [0.717, 1.165) is 0 Å². The molecule has 1 heteroatoms. The van der Waals surface area contributed by atoms with Crippen LogP contribution in [0.25, 0.3) is 5.57 Å². The summed E-state index contributed by atoms with van der Waals surface area (Å²) in [5.74, 6) is 0. The van der Waals surface area contributed by atoms with Crippen LogP contribution in [-0.2, 0) is 0 Å². The number of rotatable bonds is 2. The van der Waals surface area contributed by atoms with Gasteiger partial charge in [0.05, 0.1) is 0 Å². The summed E-state index contributed by atoms with van der Waals surface area (Å²) in [4.78, 5) is 0. The van der Waals surface area contributed by atoms with Crippen LogP contribution in [-0.4, -0.2) is 17.7 Å². The van der Waals surface area contributed by atoms with Crippen LogP contribution >= 0.6 is 0 Å². The number of hydrogen-bond donors (Lipinski definition) is 0. The molecule has 1 rings (SSSR count). The third-order valence-corrected chi connectivity index (χ3v) is 1.64. The molecule has 0 fully saturated rings. The minimum absolute atomic E-state index is 1.19. The molecule has 0 saturated heterocycles. The normalized spacial score (nSPS) is 11.3. The fraction of sp³-hybridized carbons (Fsp3) is 0. The molecule has 0 saturated carbocycles. The molecule has 0 N–H and O–H groups in total. The van der Waals surface area contributed by atoms with Crippen molar-refractivity contribution in [3.05, 3.63) is 53.3 Å². The first-order chi connectivity index (χ1) is 5.38. The van der Waals surface area contributed by atoms with E-state index in [2.05, 4.69) is 23.5 Å². The summed E-state index contributed by atoms with van der Waals surface area (Å²) in [6, 6.07) is 10.2. The van der Waals surface area contributed by atoms with E-state index in [0.29, 0.717) is 0 Å². The van der Waals surface area contributed by atoms with Crippen LogP contribution in [0.4, 0.5) is 0 Å². The van der Waals surface area contributed by atoms with Gasteiger partial charge >= 0.3 is 76.6 Å². The second-order valence-corrected chi connectivity index (χ2v) is 2.31. The molecule has 0 aliphatic rings. The molecular weight excluding hydrogens is 127 g/mol. The molecule has 1 aromatic carbocycles. The molecule has 0 spiro atoms. The van der Waals surface area contributed by atoms with Gasteiger partial charge in [0.15, 0.2) is 0 Å². The molecule has 11 heavy (non-hydrogen) atoms. The van der Waals surface area contributed by atoms with Crippen molar-refractivity contribution in [3.63, 3.8) is 0 Å². The second-order valence-electron chi connectivity index (χ2n) is 2.31. The molecule has 0 aromatic heterocycles. The topological polar surface area (TPSA) is 0 Å². The molecule has 0 heterocycles. The van der Waals surface area contributed by atoms with Crippen molar-refractivity contribution in [1.82, 2.24) is 0 Å². The Morgan fingerprint density at radius 3 is 2.36 bits per heavy atom. The summed E-state index contributed by atoms with van der Waals surface area (Å²) in [5, 5.41) is 0. The summed E-state index contributed by atoms with van der Waals surface area (Å²) in [6.07, 6.45) is 1.87. The van der Waals surface area contributed by atoms with Crippen molar-refractivity contribution >= 4 is 23.3 Å². The number of benzene rings is 1. The van der Waals surface area contributed by atoms with Gasteiger partial charge in [-0.05, 0) is 0 Å². The molecule has 1 aromatic rings. The molecule has 0 unspecified atom stereocenters. The molecule has 0 aliphatic heterocycles. The zero-order valence-corrected chi connectivity index (χ0v) is 6.75. The Morgan fingerprint density at radius 2 is 1.91 bits per heavy atom. The summed E-state index contributed by atoms with van der Waals surface area (Å²) in [7, 11) is 0. The monoisotopic (exact) mass is 136 g/mol. The summed E-state index contributed by atoms with van der Waals surface area (Å²) >= 11 is 2.02. The van der Waals surface area contributed by atoms with E-state index in [1.165, 1.54) is 11.1 Å². The van der Waals surface area contributed by atoms with Crippen LogP contribution in [0, 0.1) is 0 Å². The molecule has 0 aliphatic carbocycles. The van der Waals surface area contributed by atoms with Gasteiger partial charge in [0, 0.05) is 0 Å². The van der Waals surface area contributed by atoms with E-state index in [-0.39, 0.29) is 0 Å². The van der Waals surface area contributed by atoms with E-state index >= 15 is 0 Å². The number of allylic oxidation sites excluding steroid dienone is 2. The van der Waals surface area contributed by atoms with Crippen LogP contribution in [0.15, 0.2) is 47.7 Å². The van der Waals surface area contributed by atoms with Gasteiger partial charge in [0.2, 0.25) is 0 Å². The number of hydrogen-bond acceptors (Lipinski definition) is 0. The molecule has 0 bridgehead atoms. The van der Waals surface area contributed by atoms with Gasteiger partial charge in [0.25, 0.3) is 0 Å². The second kappa shape index (κ2) is 4.23. The molecule has 50 valence electrons. The fourth-order valence-corrected chi connectivity index (χ4v) is 1.03. The Balaban J connectivity index is 3.01. The third-order valence-electron chi connectivity index (χ3n) is 1.64. The SMILES string of the molecule is [Li]/[CH]=C(\C=C)c1ccccc1. The van der Waals surface area contributed by atoms with Crippen molar-refractivity contribution in [3.8, 4) is 0 Å². The van der Waals surface area contributed by atoms with Gasteiger partial charge < -0.3 is 0 Å². The van der Waals surface area contributed by atoms with E-state index in [9.17, 15) is 0 Å². The Hall–Kier alpha value is -0.703. The van der Waals surface area contributed by atoms with Crippen LogP contribution < -0.4 is 0 Å². The first-order valence-corrected chi connectivity index (χ1v) is 3.72. The van der Waals surface area contributed by atoms with Gasteiger partial charge in [-0.3, -0.25) is 0 Å². The van der Waals surface area contributed by atoms with Crippen LogP contribution in [0.1, 0.15) is 5.56 Å². The molecule has 0 amide bonds. The summed E-state index contributed by atoms with van der Waals surface area (Å²) in [6.45, 7) is 3.74. The Kier molecular flexibility index (Phi) is 3.23. The fourth-order valence-electron chi connectivity index (χ4n) is 1.03. The third kappa shape index (κ3) is 2.12. The van der Waals surface area contributed by atoms with Crippen molar-refractivity contribution in [2.24, 2.45) is 0 Å². The average molecular weight is 136 g/mol. The van der Waals surface area contributed by atoms with Crippen LogP contribution in [0.2, 0.25) is 0 Å². The predicted octanol–water partition coefficient (Wildman–Crippen LogP) is 2.38. The summed E-state index contributed by atoms with van der Waals surface area (Å²) in [5.41, 5.74) is 2.41. The van der Waals surface area contributed by atoms with E-state index in [4.69, 9.17) is 0 Å². The van der Waals surface area contributed by atoms with E-state index < -0.39 is 0 Å². The van der Waals surface area contributed by atoms with Gasteiger partial charge in [-0.1, -0.05) is 0 Å². The molecule has 0 radical (unpaired) electrons. The Labute approximate surface area is 76.8 Å². The van der Waals surface area contributed by atoms with E-state index in [1.54, 1.807) is 0 Å². The van der Waals surface area contributed by atoms with Gasteiger partial charge in [0.1, 0.15) is 0 Å². The summed E-state index contributed by atoms with van der Waals surface area (Å²) < 4.78 is 2.06. The van der Waals surface area contributed by atoms with Gasteiger partial charge in [-0.2, -0.15) is 0 Å². The Bertz CT molecular complexity index is 259. The van der Waals surface area contributed by atoms with Crippen LogP contribution in [0.5, 0.6) is 0 Å². The standard InChI is InChI=1S/C10H9.Li/c1-3-9(2)10-7-5-4-6-8-10;/h2-8H,1H2;. The molecular formula is C10H9Li. The maximum absolute atomic E-state index is 3.74. The molecule has 0 nitrogen and oxygen atoms in total. The first-order valence-electron chi connectivity index (χ1n) is 3.72. The zero-order chi connectivity index (χ0) is 8.10. The maximum atomic E-state index is 3.74. The first kappa shape index (κ1) is 8.39. The predicted molar refractivity (Wildman–Crippen MR) is 50.4 cm³/mol. The molecule has 0 atom stereocenters. The van der Waals surface area contributed by atoms with Crippen molar-refractivity contribution < 1.29 is 0 Å². The van der Waals surface area contributed by atoms with Crippen molar-refractivity contribution in [2.45, 2.75) is 0 Å².